The number of likely N-dealkylation sites (tertiary alicyclic amines) is 1. The van der Waals surface area contributed by atoms with E-state index < -0.39 is 0 Å². The number of hydrogen-bond donors (Lipinski definition) is 0. The molecule has 2 heterocycles. The predicted octanol–water partition coefficient (Wildman–Crippen LogP) is 3.22. The Balaban J connectivity index is 1.70. The van der Waals surface area contributed by atoms with Crippen LogP contribution in [0.15, 0.2) is 28.8 Å². The van der Waals surface area contributed by atoms with Gasteiger partial charge in [-0.05, 0) is 37.1 Å². The molecule has 0 N–H and O–H groups in total. The normalized spacial score (nSPS) is 18.0. The predicted molar refractivity (Wildman–Crippen MR) is 89.3 cm³/mol. The summed E-state index contributed by atoms with van der Waals surface area (Å²) in [7, 11) is 1.61. The average Bonchev–Trinajstić information content (AvgIpc) is 3.12. The van der Waals surface area contributed by atoms with E-state index in [2.05, 4.69) is 10.1 Å². The van der Waals surface area contributed by atoms with E-state index >= 15 is 0 Å². The van der Waals surface area contributed by atoms with E-state index in [4.69, 9.17) is 9.26 Å². The van der Waals surface area contributed by atoms with Crippen LogP contribution in [0, 0.1) is 0 Å². The van der Waals surface area contributed by atoms with Crippen molar-refractivity contribution in [1.82, 2.24) is 15.0 Å². The molecule has 0 saturated carbocycles. The van der Waals surface area contributed by atoms with Gasteiger partial charge in [0.05, 0.1) is 13.0 Å². The molecule has 6 heteroatoms. The number of benzene rings is 1. The standard InChI is InChI=1S/C18H23N3O3/c1-12(2)16-19-17(24-20-16)14-5-4-10-21(11-14)18(22)13-6-8-15(23-3)9-7-13/h6-9,12,14H,4-5,10-11H2,1-3H3/t14-/m0/s1. The minimum atomic E-state index is 0.0333. The SMILES string of the molecule is COc1ccc(C(=O)N2CCC[C@H](c3nc(C(C)C)no3)C2)cc1. The molecule has 1 aromatic heterocycles. The van der Waals surface area contributed by atoms with Crippen molar-refractivity contribution in [3.63, 3.8) is 0 Å². The molecule has 3 rings (SSSR count). The summed E-state index contributed by atoms with van der Waals surface area (Å²) >= 11 is 0. The Bertz CT molecular complexity index is 694. The Labute approximate surface area is 141 Å². The average molecular weight is 329 g/mol. The number of piperidine rings is 1. The first-order chi connectivity index (χ1) is 11.6. The van der Waals surface area contributed by atoms with Crippen LogP contribution in [0.2, 0.25) is 0 Å². The van der Waals surface area contributed by atoms with Crippen LogP contribution in [0.3, 0.4) is 0 Å². The maximum atomic E-state index is 12.7. The summed E-state index contributed by atoms with van der Waals surface area (Å²) in [6.45, 7) is 5.45. The third kappa shape index (κ3) is 3.42. The van der Waals surface area contributed by atoms with Crippen LogP contribution in [0.4, 0.5) is 0 Å². The van der Waals surface area contributed by atoms with Gasteiger partial charge in [0.15, 0.2) is 5.82 Å². The van der Waals surface area contributed by atoms with Crippen molar-refractivity contribution in [3.05, 3.63) is 41.5 Å². The van der Waals surface area contributed by atoms with Crippen LogP contribution in [0.5, 0.6) is 5.75 Å². The van der Waals surface area contributed by atoms with Crippen LogP contribution in [0.1, 0.15) is 60.6 Å². The number of amides is 1. The van der Waals surface area contributed by atoms with Crippen LogP contribution in [-0.4, -0.2) is 41.1 Å². The summed E-state index contributed by atoms with van der Waals surface area (Å²) in [5, 5.41) is 4.03. The molecule has 24 heavy (non-hydrogen) atoms. The summed E-state index contributed by atoms with van der Waals surface area (Å²) < 4.78 is 10.6. The number of aromatic nitrogens is 2. The van der Waals surface area contributed by atoms with Gasteiger partial charge in [-0.3, -0.25) is 4.79 Å². The number of rotatable bonds is 4. The molecule has 6 nitrogen and oxygen atoms in total. The molecule has 1 aliphatic heterocycles. The second kappa shape index (κ2) is 7.03. The first kappa shape index (κ1) is 16.5. The van der Waals surface area contributed by atoms with Gasteiger partial charge in [-0.25, -0.2) is 0 Å². The van der Waals surface area contributed by atoms with E-state index in [0.29, 0.717) is 18.0 Å². The van der Waals surface area contributed by atoms with Gasteiger partial charge in [0.25, 0.3) is 5.91 Å². The van der Waals surface area contributed by atoms with Crippen molar-refractivity contribution < 1.29 is 14.1 Å². The molecule has 1 aliphatic rings. The molecule has 0 bridgehead atoms. The van der Waals surface area contributed by atoms with Crippen LogP contribution in [-0.2, 0) is 0 Å². The Hall–Kier alpha value is -2.37. The van der Waals surface area contributed by atoms with Crippen LogP contribution < -0.4 is 4.74 Å². The van der Waals surface area contributed by atoms with Gasteiger partial charge in [0.2, 0.25) is 5.89 Å². The summed E-state index contributed by atoms with van der Waals surface area (Å²) in [4.78, 5) is 19.1. The van der Waals surface area contributed by atoms with E-state index in [1.807, 2.05) is 30.9 Å². The van der Waals surface area contributed by atoms with Gasteiger partial charge >= 0.3 is 0 Å². The van der Waals surface area contributed by atoms with E-state index in [1.54, 1.807) is 19.2 Å². The Morgan fingerprint density at radius 2 is 2.08 bits per heavy atom. The second-order valence-electron chi connectivity index (χ2n) is 6.46. The molecule has 0 spiro atoms. The highest BCUT2D eigenvalue weighted by Gasteiger charge is 2.29. The lowest BCUT2D eigenvalue weighted by Gasteiger charge is -2.31. The van der Waals surface area contributed by atoms with Gasteiger partial charge in [0.1, 0.15) is 5.75 Å². The van der Waals surface area contributed by atoms with Gasteiger partial charge < -0.3 is 14.2 Å². The summed E-state index contributed by atoms with van der Waals surface area (Å²) in [6, 6.07) is 7.21. The first-order valence-electron chi connectivity index (χ1n) is 8.35. The Morgan fingerprint density at radius 1 is 1.33 bits per heavy atom. The van der Waals surface area contributed by atoms with E-state index in [1.165, 1.54) is 0 Å². The van der Waals surface area contributed by atoms with Crippen molar-refractivity contribution in [1.29, 1.82) is 0 Å². The molecule has 1 aromatic carbocycles. The molecular weight excluding hydrogens is 306 g/mol. The molecule has 1 atom stereocenters. The number of carbonyl (C=O) groups is 1. The lowest BCUT2D eigenvalue weighted by atomic mass is 9.97. The lowest BCUT2D eigenvalue weighted by Crippen LogP contribution is -2.39. The van der Waals surface area contributed by atoms with E-state index in [9.17, 15) is 4.79 Å². The Morgan fingerprint density at radius 3 is 2.71 bits per heavy atom. The number of methoxy groups -OCH3 is 1. The topological polar surface area (TPSA) is 68.5 Å². The zero-order valence-electron chi connectivity index (χ0n) is 14.4. The first-order valence-corrected chi connectivity index (χ1v) is 8.35. The van der Waals surface area contributed by atoms with Gasteiger partial charge in [-0.2, -0.15) is 4.98 Å². The van der Waals surface area contributed by atoms with E-state index in [-0.39, 0.29) is 17.7 Å². The van der Waals surface area contributed by atoms with Crippen molar-refractivity contribution in [2.75, 3.05) is 20.2 Å². The maximum absolute atomic E-state index is 12.7. The third-order valence-electron chi connectivity index (χ3n) is 4.37. The molecule has 0 unspecified atom stereocenters. The largest absolute Gasteiger partial charge is 0.497 e. The lowest BCUT2D eigenvalue weighted by molar-refractivity contribution is 0.0695. The van der Waals surface area contributed by atoms with Crippen LogP contribution >= 0.6 is 0 Å². The summed E-state index contributed by atoms with van der Waals surface area (Å²) in [6.07, 6.45) is 1.90. The smallest absolute Gasteiger partial charge is 0.253 e. The second-order valence-corrected chi connectivity index (χ2v) is 6.46. The minimum absolute atomic E-state index is 0.0333. The molecule has 0 radical (unpaired) electrons. The highest BCUT2D eigenvalue weighted by Crippen LogP contribution is 2.27. The molecule has 2 aromatic rings. The monoisotopic (exact) mass is 329 g/mol. The van der Waals surface area contributed by atoms with Crippen molar-refractivity contribution >= 4 is 5.91 Å². The van der Waals surface area contributed by atoms with E-state index in [0.717, 1.165) is 31.0 Å². The quantitative estimate of drug-likeness (QED) is 0.861. The van der Waals surface area contributed by atoms with Gasteiger partial charge in [-0.1, -0.05) is 19.0 Å². The zero-order valence-corrected chi connectivity index (χ0v) is 14.4. The molecule has 128 valence electrons. The van der Waals surface area contributed by atoms with Crippen molar-refractivity contribution in [2.45, 2.75) is 38.5 Å². The third-order valence-corrected chi connectivity index (χ3v) is 4.37. The highest BCUT2D eigenvalue weighted by atomic mass is 16.5. The molecule has 1 fully saturated rings. The van der Waals surface area contributed by atoms with Gasteiger partial charge in [0, 0.05) is 24.6 Å². The molecule has 1 amide bonds. The molecule has 1 saturated heterocycles. The fourth-order valence-electron chi connectivity index (χ4n) is 2.93. The van der Waals surface area contributed by atoms with Gasteiger partial charge in [-0.15, -0.1) is 0 Å². The number of carbonyl (C=O) groups excluding carboxylic acids is 1. The minimum Gasteiger partial charge on any atom is -0.497 e. The van der Waals surface area contributed by atoms with Crippen molar-refractivity contribution in [3.8, 4) is 5.75 Å². The molecular formula is C18H23N3O3. The Kier molecular flexibility index (Phi) is 4.83. The van der Waals surface area contributed by atoms with Crippen molar-refractivity contribution in [2.24, 2.45) is 0 Å². The summed E-state index contributed by atoms with van der Waals surface area (Å²) in [5.41, 5.74) is 0.671. The van der Waals surface area contributed by atoms with Crippen LogP contribution in [0.25, 0.3) is 0 Å². The fourth-order valence-corrected chi connectivity index (χ4v) is 2.93. The number of ether oxygens (including phenoxy) is 1. The number of nitrogens with zero attached hydrogens (tertiary/aromatic N) is 3. The zero-order chi connectivity index (χ0) is 17.1. The maximum Gasteiger partial charge on any atom is 0.253 e. The highest BCUT2D eigenvalue weighted by molar-refractivity contribution is 5.94. The number of hydrogen-bond acceptors (Lipinski definition) is 5. The molecule has 0 aliphatic carbocycles. The fraction of sp³-hybridized carbons (Fsp3) is 0.500. The summed E-state index contributed by atoms with van der Waals surface area (Å²) in [5.74, 6) is 2.50.